The van der Waals surface area contributed by atoms with Crippen molar-refractivity contribution in [3.63, 3.8) is 0 Å². The second kappa shape index (κ2) is 9.56. The Bertz CT molecular complexity index is 704. The Morgan fingerprint density at radius 2 is 1.93 bits per heavy atom. The van der Waals surface area contributed by atoms with Gasteiger partial charge in [0, 0.05) is 25.3 Å². The molecule has 1 aromatic rings. The van der Waals surface area contributed by atoms with E-state index in [2.05, 4.69) is 16.0 Å². The summed E-state index contributed by atoms with van der Waals surface area (Å²) in [5.74, 6) is -1.21. The van der Waals surface area contributed by atoms with Gasteiger partial charge in [0.2, 0.25) is 11.8 Å². The zero-order chi connectivity index (χ0) is 19.8. The number of benzene rings is 1. The van der Waals surface area contributed by atoms with Gasteiger partial charge in [0.1, 0.15) is 6.04 Å². The van der Waals surface area contributed by atoms with Gasteiger partial charge in [-0.1, -0.05) is 0 Å². The number of ether oxygens (including phenoxy) is 1. The maximum Gasteiger partial charge on any atom is 0.338 e. The molecule has 3 N–H and O–H groups in total. The number of urea groups is 1. The Hall–Kier alpha value is -3.10. The molecule has 9 nitrogen and oxygen atoms in total. The van der Waals surface area contributed by atoms with E-state index in [1.54, 1.807) is 38.1 Å². The van der Waals surface area contributed by atoms with Crippen LogP contribution in [0.1, 0.15) is 30.6 Å². The molecule has 0 aromatic heterocycles. The maximum atomic E-state index is 12.3. The minimum atomic E-state index is -0.871. The van der Waals surface area contributed by atoms with Gasteiger partial charge in [-0.15, -0.1) is 0 Å². The highest BCUT2D eigenvalue weighted by molar-refractivity contribution is 5.97. The number of rotatable bonds is 6. The molecule has 1 aromatic carbocycles. The summed E-state index contributed by atoms with van der Waals surface area (Å²) >= 11 is 0. The lowest BCUT2D eigenvalue weighted by atomic mass is 10.1. The van der Waals surface area contributed by atoms with Crippen LogP contribution in [0.2, 0.25) is 0 Å². The van der Waals surface area contributed by atoms with E-state index < -0.39 is 17.9 Å². The highest BCUT2D eigenvalue weighted by Crippen LogP contribution is 2.14. The number of nitrogens with one attached hydrogen (secondary N) is 3. The Morgan fingerprint density at radius 1 is 1.22 bits per heavy atom. The number of hydrogen-bond acceptors (Lipinski definition) is 5. The fraction of sp³-hybridized carbons (Fsp3) is 0.444. The fourth-order valence-corrected chi connectivity index (χ4v) is 2.71. The smallest absolute Gasteiger partial charge is 0.338 e. The van der Waals surface area contributed by atoms with Gasteiger partial charge in [0.25, 0.3) is 0 Å². The molecule has 4 amide bonds. The number of hydrogen-bond donors (Lipinski definition) is 3. The Kier molecular flexibility index (Phi) is 7.16. The number of carbonyl (C=O) groups excluding carboxylic acids is 4. The normalized spacial score (nSPS) is 16.3. The molecule has 0 saturated carbocycles. The molecule has 146 valence electrons. The molecular weight excluding hydrogens is 352 g/mol. The Labute approximate surface area is 157 Å². The molecule has 0 radical (unpaired) electrons. The van der Waals surface area contributed by atoms with Crippen LogP contribution in [0.25, 0.3) is 0 Å². The van der Waals surface area contributed by atoms with E-state index in [1.807, 2.05) is 0 Å². The van der Waals surface area contributed by atoms with E-state index in [0.29, 0.717) is 30.9 Å². The predicted octanol–water partition coefficient (Wildman–Crippen LogP) is 0.722. The first-order valence-electron chi connectivity index (χ1n) is 8.85. The summed E-state index contributed by atoms with van der Waals surface area (Å²) in [6, 6.07) is 5.00. The summed E-state index contributed by atoms with van der Waals surface area (Å²) in [5, 5.41) is 7.99. The van der Waals surface area contributed by atoms with E-state index >= 15 is 0 Å². The van der Waals surface area contributed by atoms with Crippen molar-refractivity contribution in [2.75, 3.05) is 31.6 Å². The number of carbonyl (C=O) groups is 4. The molecule has 1 aliphatic heterocycles. The summed E-state index contributed by atoms with van der Waals surface area (Å²) in [5.41, 5.74) is 0.859. The van der Waals surface area contributed by atoms with Gasteiger partial charge in [-0.3, -0.25) is 9.59 Å². The summed E-state index contributed by atoms with van der Waals surface area (Å²) in [6.07, 6.45) is -0.164. The minimum absolute atomic E-state index is 0.164. The van der Waals surface area contributed by atoms with Gasteiger partial charge in [0.05, 0.1) is 18.6 Å². The molecule has 0 spiro atoms. The van der Waals surface area contributed by atoms with E-state index in [-0.39, 0.29) is 25.0 Å². The first kappa shape index (κ1) is 20.2. The van der Waals surface area contributed by atoms with Crippen molar-refractivity contribution < 1.29 is 23.9 Å². The summed E-state index contributed by atoms with van der Waals surface area (Å²) < 4.78 is 4.90. The SMILES string of the molecule is CCNC(=O)N1CCNC(=O)[C@H]1CC(=O)Nc1ccc(C(=O)OCC)cc1. The minimum Gasteiger partial charge on any atom is -0.462 e. The van der Waals surface area contributed by atoms with Crippen LogP contribution in [0.5, 0.6) is 0 Å². The van der Waals surface area contributed by atoms with Crippen molar-refractivity contribution in [3.8, 4) is 0 Å². The number of amides is 4. The average molecular weight is 376 g/mol. The number of nitrogens with zero attached hydrogens (tertiary/aromatic N) is 1. The van der Waals surface area contributed by atoms with Gasteiger partial charge in [-0.25, -0.2) is 9.59 Å². The lowest BCUT2D eigenvalue weighted by Crippen LogP contribution is -2.60. The molecule has 1 saturated heterocycles. The lowest BCUT2D eigenvalue weighted by Gasteiger charge is -2.34. The highest BCUT2D eigenvalue weighted by Gasteiger charge is 2.34. The molecule has 1 atom stereocenters. The standard InChI is InChI=1S/C18H24N4O5/c1-3-19-18(26)22-10-9-20-16(24)14(22)11-15(23)21-13-7-5-12(6-8-13)17(25)27-4-2/h5-8,14H,3-4,9-11H2,1-2H3,(H,19,26)(H,20,24)(H,21,23)/t14-/m1/s1. The quantitative estimate of drug-likeness (QED) is 0.633. The first-order valence-corrected chi connectivity index (χ1v) is 8.85. The molecule has 1 fully saturated rings. The zero-order valence-electron chi connectivity index (χ0n) is 15.4. The van der Waals surface area contributed by atoms with Crippen molar-refractivity contribution >= 4 is 29.5 Å². The van der Waals surface area contributed by atoms with Crippen LogP contribution in [0.15, 0.2) is 24.3 Å². The van der Waals surface area contributed by atoms with Crippen LogP contribution >= 0.6 is 0 Å². The molecule has 1 heterocycles. The lowest BCUT2D eigenvalue weighted by molar-refractivity contribution is -0.131. The van der Waals surface area contributed by atoms with Gasteiger partial charge < -0.3 is 25.6 Å². The molecular formula is C18H24N4O5. The summed E-state index contributed by atoms with van der Waals surface area (Å²) in [4.78, 5) is 49.6. The van der Waals surface area contributed by atoms with Crippen LogP contribution in [0.4, 0.5) is 10.5 Å². The predicted molar refractivity (Wildman–Crippen MR) is 98.2 cm³/mol. The zero-order valence-corrected chi connectivity index (χ0v) is 15.4. The average Bonchev–Trinajstić information content (AvgIpc) is 2.64. The topological polar surface area (TPSA) is 117 Å². The van der Waals surface area contributed by atoms with Gasteiger partial charge in [0.15, 0.2) is 0 Å². The molecule has 0 aliphatic carbocycles. The molecule has 0 bridgehead atoms. The third-order valence-corrected chi connectivity index (χ3v) is 3.98. The third-order valence-electron chi connectivity index (χ3n) is 3.98. The summed E-state index contributed by atoms with van der Waals surface area (Å²) in [7, 11) is 0. The molecule has 1 aliphatic rings. The second-order valence-electron chi connectivity index (χ2n) is 5.89. The van der Waals surface area contributed by atoms with Crippen LogP contribution in [0, 0.1) is 0 Å². The van der Waals surface area contributed by atoms with Crippen LogP contribution in [-0.4, -0.2) is 61.0 Å². The van der Waals surface area contributed by atoms with E-state index in [0.717, 1.165) is 0 Å². The molecule has 9 heteroatoms. The largest absolute Gasteiger partial charge is 0.462 e. The van der Waals surface area contributed by atoms with Gasteiger partial charge >= 0.3 is 12.0 Å². The van der Waals surface area contributed by atoms with Crippen molar-refractivity contribution in [1.82, 2.24) is 15.5 Å². The van der Waals surface area contributed by atoms with Crippen molar-refractivity contribution in [1.29, 1.82) is 0 Å². The van der Waals surface area contributed by atoms with E-state index in [4.69, 9.17) is 4.74 Å². The third kappa shape index (κ3) is 5.44. The number of piperazine rings is 1. The highest BCUT2D eigenvalue weighted by atomic mass is 16.5. The maximum absolute atomic E-state index is 12.3. The second-order valence-corrected chi connectivity index (χ2v) is 5.89. The monoisotopic (exact) mass is 376 g/mol. The van der Waals surface area contributed by atoms with Crippen LogP contribution < -0.4 is 16.0 Å². The molecule has 2 rings (SSSR count). The molecule has 27 heavy (non-hydrogen) atoms. The van der Waals surface area contributed by atoms with Crippen molar-refractivity contribution in [2.45, 2.75) is 26.3 Å². The van der Waals surface area contributed by atoms with Crippen molar-refractivity contribution in [3.05, 3.63) is 29.8 Å². The summed E-state index contributed by atoms with van der Waals surface area (Å²) in [6.45, 7) is 4.90. The Balaban J connectivity index is 1.99. The van der Waals surface area contributed by atoms with Crippen LogP contribution in [0.3, 0.4) is 0 Å². The molecule has 0 unspecified atom stereocenters. The van der Waals surface area contributed by atoms with Gasteiger partial charge in [-0.2, -0.15) is 0 Å². The van der Waals surface area contributed by atoms with E-state index in [9.17, 15) is 19.2 Å². The van der Waals surface area contributed by atoms with Crippen LogP contribution in [-0.2, 0) is 14.3 Å². The first-order chi connectivity index (χ1) is 13.0. The Morgan fingerprint density at radius 3 is 2.56 bits per heavy atom. The van der Waals surface area contributed by atoms with E-state index in [1.165, 1.54) is 4.90 Å². The number of anilines is 1. The number of esters is 1. The van der Waals surface area contributed by atoms with Crippen molar-refractivity contribution in [2.24, 2.45) is 0 Å². The van der Waals surface area contributed by atoms with Gasteiger partial charge in [-0.05, 0) is 38.1 Å². The fourth-order valence-electron chi connectivity index (χ4n) is 2.71.